The van der Waals surface area contributed by atoms with Gasteiger partial charge < -0.3 is 10.2 Å². The van der Waals surface area contributed by atoms with Crippen LogP contribution in [0, 0.1) is 5.82 Å². The van der Waals surface area contributed by atoms with Gasteiger partial charge in [-0.05, 0) is 43.2 Å². The molecule has 7 heteroatoms. The molecule has 1 atom stereocenters. The van der Waals surface area contributed by atoms with E-state index in [1.54, 1.807) is 28.9 Å². The van der Waals surface area contributed by atoms with Crippen LogP contribution in [0.5, 0.6) is 0 Å². The average molecular weight is 373 g/mol. The number of aromatic nitrogens is 1. The summed E-state index contributed by atoms with van der Waals surface area (Å²) in [5, 5.41) is 2.70. The molecule has 136 valence electrons. The van der Waals surface area contributed by atoms with Crippen molar-refractivity contribution < 1.29 is 14.0 Å². The van der Waals surface area contributed by atoms with Crippen molar-refractivity contribution in [1.82, 2.24) is 9.88 Å². The lowest BCUT2D eigenvalue weighted by molar-refractivity contribution is -0.136. The lowest BCUT2D eigenvalue weighted by atomic mass is 10.1. The number of pyridine rings is 1. The third kappa shape index (κ3) is 4.82. The Balaban J connectivity index is 1.53. The minimum atomic E-state index is -0.523. The Bertz CT molecular complexity index is 772. The molecular formula is C19H20FN3O2S. The van der Waals surface area contributed by atoms with Gasteiger partial charge in [0.15, 0.2) is 0 Å². The van der Waals surface area contributed by atoms with Gasteiger partial charge in [-0.3, -0.25) is 14.6 Å². The van der Waals surface area contributed by atoms with Crippen molar-refractivity contribution in [2.45, 2.75) is 25.3 Å². The van der Waals surface area contributed by atoms with Crippen molar-refractivity contribution in [2.75, 3.05) is 16.9 Å². The maximum atomic E-state index is 13.3. The van der Waals surface area contributed by atoms with Gasteiger partial charge in [0.1, 0.15) is 11.9 Å². The average Bonchev–Trinajstić information content (AvgIpc) is 3.12. The smallest absolute Gasteiger partial charge is 0.248 e. The number of anilines is 1. The number of benzene rings is 1. The van der Waals surface area contributed by atoms with Gasteiger partial charge in [0, 0.05) is 29.8 Å². The molecule has 2 heterocycles. The largest absolute Gasteiger partial charge is 0.324 e. The van der Waals surface area contributed by atoms with Gasteiger partial charge in [-0.25, -0.2) is 4.39 Å². The molecular weight excluding hydrogens is 353 g/mol. The molecule has 1 unspecified atom stereocenters. The fourth-order valence-corrected chi connectivity index (χ4v) is 3.99. The van der Waals surface area contributed by atoms with Gasteiger partial charge in [-0.1, -0.05) is 12.1 Å². The molecule has 1 aromatic carbocycles. The fourth-order valence-electron chi connectivity index (χ4n) is 2.81. The summed E-state index contributed by atoms with van der Waals surface area (Å²) in [6, 6.07) is 10.9. The molecule has 5 nitrogen and oxygen atoms in total. The molecule has 0 radical (unpaired) electrons. The number of carbonyl (C=O) groups is 2. The number of nitrogens with one attached hydrogen (secondary N) is 1. The third-order valence-electron chi connectivity index (χ3n) is 4.15. The van der Waals surface area contributed by atoms with E-state index in [0.717, 1.165) is 12.1 Å². The van der Waals surface area contributed by atoms with Crippen LogP contribution < -0.4 is 5.32 Å². The molecule has 1 aliphatic rings. The minimum absolute atomic E-state index is 0.0367. The van der Waals surface area contributed by atoms with E-state index in [2.05, 4.69) is 10.3 Å². The summed E-state index contributed by atoms with van der Waals surface area (Å²) >= 11 is 1.55. The summed E-state index contributed by atoms with van der Waals surface area (Å²) in [6.07, 6.45) is 3.53. The summed E-state index contributed by atoms with van der Waals surface area (Å²) in [4.78, 5) is 30.8. The molecule has 0 aliphatic carbocycles. The lowest BCUT2D eigenvalue weighted by Crippen LogP contribution is -2.44. The number of amides is 2. The quantitative estimate of drug-likeness (QED) is 0.845. The van der Waals surface area contributed by atoms with Crippen LogP contribution in [0.3, 0.4) is 0 Å². The molecule has 0 bridgehead atoms. The van der Waals surface area contributed by atoms with E-state index in [9.17, 15) is 14.0 Å². The van der Waals surface area contributed by atoms with Crippen LogP contribution in [-0.2, 0) is 16.0 Å². The second-order valence-corrected chi connectivity index (χ2v) is 7.05. The molecule has 1 aromatic heterocycles. The molecule has 2 amide bonds. The van der Waals surface area contributed by atoms with Crippen LogP contribution in [0.25, 0.3) is 0 Å². The number of aryl methyl sites for hydroxylation is 1. The number of halogens is 1. The minimum Gasteiger partial charge on any atom is -0.324 e. The highest BCUT2D eigenvalue weighted by atomic mass is 32.2. The highest BCUT2D eigenvalue weighted by molar-refractivity contribution is 7.99. The van der Waals surface area contributed by atoms with Crippen molar-refractivity contribution in [3.63, 3.8) is 0 Å². The number of carbonyl (C=O) groups excluding carboxylic acids is 2. The zero-order valence-corrected chi connectivity index (χ0v) is 15.0. The zero-order valence-electron chi connectivity index (χ0n) is 14.2. The third-order valence-corrected chi connectivity index (χ3v) is 5.16. The van der Waals surface area contributed by atoms with E-state index < -0.39 is 11.9 Å². The van der Waals surface area contributed by atoms with Gasteiger partial charge in [-0.15, -0.1) is 11.8 Å². The van der Waals surface area contributed by atoms with Gasteiger partial charge >= 0.3 is 0 Å². The van der Waals surface area contributed by atoms with E-state index in [-0.39, 0.29) is 11.8 Å². The van der Waals surface area contributed by atoms with Gasteiger partial charge in [0.2, 0.25) is 11.8 Å². The predicted molar refractivity (Wildman–Crippen MR) is 100 cm³/mol. The zero-order chi connectivity index (χ0) is 18.4. The molecule has 26 heavy (non-hydrogen) atoms. The molecule has 1 aliphatic heterocycles. The first-order valence-electron chi connectivity index (χ1n) is 8.47. The Morgan fingerprint density at radius 3 is 2.92 bits per heavy atom. The molecule has 0 saturated carbocycles. The monoisotopic (exact) mass is 373 g/mol. The van der Waals surface area contributed by atoms with Crippen LogP contribution in [0.2, 0.25) is 0 Å². The number of rotatable bonds is 6. The molecule has 1 fully saturated rings. The first-order chi connectivity index (χ1) is 12.6. The second-order valence-electron chi connectivity index (χ2n) is 6.05. The highest BCUT2D eigenvalue weighted by Crippen LogP contribution is 2.23. The van der Waals surface area contributed by atoms with Gasteiger partial charge in [0.05, 0.1) is 5.88 Å². The Hall–Kier alpha value is -2.41. The van der Waals surface area contributed by atoms with E-state index in [1.807, 2.05) is 18.2 Å². The summed E-state index contributed by atoms with van der Waals surface area (Å²) in [5.41, 5.74) is 1.35. The SMILES string of the molecule is O=C(Nc1cccc(F)c1)C1CSCN1C(=O)CCCc1ccccn1. The number of hydrogen-bond acceptors (Lipinski definition) is 4. The van der Waals surface area contributed by atoms with Crippen LogP contribution in [0.4, 0.5) is 10.1 Å². The number of hydrogen-bond donors (Lipinski definition) is 1. The molecule has 2 aromatic rings. The van der Waals surface area contributed by atoms with Crippen molar-refractivity contribution in [2.24, 2.45) is 0 Å². The molecule has 1 N–H and O–H groups in total. The molecule has 1 saturated heterocycles. The van der Waals surface area contributed by atoms with Crippen LogP contribution >= 0.6 is 11.8 Å². The van der Waals surface area contributed by atoms with Gasteiger partial charge in [-0.2, -0.15) is 0 Å². The number of nitrogens with zero attached hydrogens (tertiary/aromatic N) is 2. The first kappa shape index (κ1) is 18.4. The fraction of sp³-hybridized carbons (Fsp3) is 0.316. The lowest BCUT2D eigenvalue weighted by Gasteiger charge is -2.23. The normalized spacial score (nSPS) is 16.5. The van der Waals surface area contributed by atoms with Crippen LogP contribution in [0.1, 0.15) is 18.5 Å². The van der Waals surface area contributed by atoms with Crippen molar-refractivity contribution >= 4 is 29.3 Å². The predicted octanol–water partition coefficient (Wildman–Crippen LogP) is 3.08. The number of thioether (sulfide) groups is 1. The summed E-state index contributed by atoms with van der Waals surface area (Å²) in [7, 11) is 0. The van der Waals surface area contributed by atoms with E-state index in [0.29, 0.717) is 30.2 Å². The van der Waals surface area contributed by atoms with Crippen LogP contribution in [0.15, 0.2) is 48.7 Å². The summed E-state index contributed by atoms with van der Waals surface area (Å²) in [6.45, 7) is 0. The topological polar surface area (TPSA) is 62.3 Å². The van der Waals surface area contributed by atoms with Crippen molar-refractivity contribution in [1.29, 1.82) is 0 Å². The highest BCUT2D eigenvalue weighted by Gasteiger charge is 2.34. The Labute approximate surface area is 156 Å². The Kier molecular flexibility index (Phi) is 6.22. The van der Waals surface area contributed by atoms with E-state index in [1.165, 1.54) is 18.2 Å². The van der Waals surface area contributed by atoms with Crippen LogP contribution in [-0.4, -0.2) is 39.4 Å². The maximum absolute atomic E-state index is 13.3. The second kappa shape index (κ2) is 8.80. The summed E-state index contributed by atoms with van der Waals surface area (Å²) < 4.78 is 13.3. The van der Waals surface area contributed by atoms with Crippen molar-refractivity contribution in [3.8, 4) is 0 Å². The van der Waals surface area contributed by atoms with Crippen molar-refractivity contribution in [3.05, 3.63) is 60.2 Å². The van der Waals surface area contributed by atoms with E-state index >= 15 is 0 Å². The van der Waals surface area contributed by atoms with Gasteiger partial charge in [0.25, 0.3) is 0 Å². The Morgan fingerprint density at radius 1 is 1.27 bits per heavy atom. The maximum Gasteiger partial charge on any atom is 0.248 e. The molecule has 3 rings (SSSR count). The Morgan fingerprint density at radius 2 is 2.15 bits per heavy atom. The molecule has 0 spiro atoms. The standard InChI is InChI=1S/C19H20FN3O2S/c20-14-5-3-8-16(11-14)22-19(25)17-12-26-13-23(17)18(24)9-4-7-15-6-1-2-10-21-15/h1-3,5-6,8,10-11,17H,4,7,9,12-13H2,(H,22,25). The summed E-state index contributed by atoms with van der Waals surface area (Å²) in [5.74, 6) is 0.326. The first-order valence-corrected chi connectivity index (χ1v) is 9.62. The van der Waals surface area contributed by atoms with E-state index in [4.69, 9.17) is 0 Å².